The molecule has 1 atom stereocenters. The van der Waals surface area contributed by atoms with E-state index in [1.54, 1.807) is 40.0 Å². The molecule has 0 aliphatic carbocycles. The molecule has 0 saturated carbocycles. The minimum Gasteiger partial charge on any atom is -0.436 e. The average molecular weight is 494 g/mol. The fourth-order valence-electron chi connectivity index (χ4n) is 4.18. The van der Waals surface area contributed by atoms with Crippen molar-refractivity contribution in [3.05, 3.63) is 66.4 Å². The molecule has 4 aromatic rings. The number of nitrogen functional groups attached to an aromatic ring is 1. The molecule has 0 bridgehead atoms. The minimum atomic E-state index is -0.481. The highest BCUT2D eigenvalue weighted by Gasteiger charge is 2.29. The highest BCUT2D eigenvalue weighted by Crippen LogP contribution is 2.34. The molecule has 9 nitrogen and oxygen atoms in total. The molecule has 1 aliphatic heterocycles. The van der Waals surface area contributed by atoms with Crippen LogP contribution in [0.4, 0.5) is 10.2 Å². The Morgan fingerprint density at radius 3 is 2.77 bits per heavy atom. The number of hydrogen-bond acceptors (Lipinski definition) is 7. The number of halogens is 2. The van der Waals surface area contributed by atoms with E-state index in [-0.39, 0.29) is 34.4 Å². The van der Waals surface area contributed by atoms with Gasteiger partial charge in [0.2, 0.25) is 5.88 Å². The van der Waals surface area contributed by atoms with Gasteiger partial charge < -0.3 is 15.4 Å². The summed E-state index contributed by atoms with van der Waals surface area (Å²) in [6, 6.07) is 9.35. The fourth-order valence-corrected chi connectivity index (χ4v) is 4.30. The number of fused-ring (bicyclic) bond motifs is 1. The molecule has 2 N–H and O–H groups in total. The van der Waals surface area contributed by atoms with Gasteiger partial charge in [0.05, 0.1) is 16.5 Å². The maximum absolute atomic E-state index is 13.9. The summed E-state index contributed by atoms with van der Waals surface area (Å²) in [6.45, 7) is 4.56. The molecule has 1 amide bonds. The molecule has 1 fully saturated rings. The number of ether oxygens (including phenoxy) is 1. The third-order valence-corrected chi connectivity index (χ3v) is 6.00. The Bertz CT molecular complexity index is 1420. The van der Waals surface area contributed by atoms with Crippen LogP contribution in [0.3, 0.4) is 0 Å². The molecule has 178 valence electrons. The monoisotopic (exact) mass is 493 g/mol. The normalized spacial score (nSPS) is 15.8. The van der Waals surface area contributed by atoms with Crippen LogP contribution in [-0.4, -0.2) is 48.6 Å². The van der Waals surface area contributed by atoms with Crippen molar-refractivity contribution in [3.63, 3.8) is 0 Å². The fraction of sp³-hybridized carbons (Fsp3) is 0.208. The van der Waals surface area contributed by atoms with Crippen LogP contribution in [0.25, 0.3) is 22.3 Å². The summed E-state index contributed by atoms with van der Waals surface area (Å²) < 4.78 is 21.2. The van der Waals surface area contributed by atoms with Crippen molar-refractivity contribution < 1.29 is 13.9 Å². The first-order valence-electron chi connectivity index (χ1n) is 10.9. The van der Waals surface area contributed by atoms with Gasteiger partial charge in [-0.25, -0.2) is 24.0 Å². The van der Waals surface area contributed by atoms with Crippen molar-refractivity contribution in [2.75, 3.05) is 18.8 Å². The number of carbonyl (C=O) groups is 1. The van der Waals surface area contributed by atoms with Crippen molar-refractivity contribution in [2.45, 2.75) is 18.9 Å². The standard InChI is InChI=1S/C24H21ClFN7O2/c1-14(25)24(34)32-10-4-5-16(12-32)33-23-20(22(27)29-13-30-23)21(31-33)15-8-9-19(28-11-15)35-18-7-3-2-6-17(18)26/h2-3,6-9,11,13,16H,1,4-5,10,12H2,(H2,27,29,30). The summed E-state index contributed by atoms with van der Waals surface area (Å²) in [5.41, 5.74) is 7.99. The molecule has 4 heterocycles. The van der Waals surface area contributed by atoms with Gasteiger partial charge in [-0.1, -0.05) is 30.3 Å². The van der Waals surface area contributed by atoms with Gasteiger partial charge in [0.1, 0.15) is 17.8 Å². The van der Waals surface area contributed by atoms with E-state index in [1.807, 2.05) is 0 Å². The second-order valence-corrected chi connectivity index (χ2v) is 8.58. The van der Waals surface area contributed by atoms with Gasteiger partial charge in [0.15, 0.2) is 17.2 Å². The van der Waals surface area contributed by atoms with Crippen LogP contribution in [0.2, 0.25) is 0 Å². The van der Waals surface area contributed by atoms with Crippen LogP contribution in [-0.2, 0) is 4.79 Å². The van der Waals surface area contributed by atoms with E-state index >= 15 is 0 Å². The number of piperidine rings is 1. The zero-order chi connectivity index (χ0) is 24.5. The Balaban J connectivity index is 1.49. The molecular formula is C24H21ClFN7O2. The minimum absolute atomic E-state index is 0.0213. The predicted octanol–water partition coefficient (Wildman–Crippen LogP) is 4.32. The number of para-hydroxylation sites is 1. The highest BCUT2D eigenvalue weighted by molar-refractivity contribution is 6.41. The molecule has 1 aliphatic rings. The number of carbonyl (C=O) groups excluding carboxylic acids is 1. The van der Waals surface area contributed by atoms with Crippen LogP contribution in [0, 0.1) is 5.82 Å². The lowest BCUT2D eigenvalue weighted by atomic mass is 10.1. The first-order chi connectivity index (χ1) is 16.9. The highest BCUT2D eigenvalue weighted by atomic mass is 35.5. The third-order valence-electron chi connectivity index (χ3n) is 5.84. The predicted molar refractivity (Wildman–Crippen MR) is 129 cm³/mol. The van der Waals surface area contributed by atoms with Gasteiger partial charge in [-0.2, -0.15) is 5.10 Å². The third kappa shape index (κ3) is 4.40. The number of benzene rings is 1. The number of nitrogens with zero attached hydrogens (tertiary/aromatic N) is 6. The zero-order valence-electron chi connectivity index (χ0n) is 18.6. The van der Waals surface area contributed by atoms with E-state index in [2.05, 4.69) is 21.5 Å². The van der Waals surface area contributed by atoms with E-state index in [1.165, 1.54) is 18.5 Å². The number of rotatable bonds is 5. The summed E-state index contributed by atoms with van der Waals surface area (Å²) in [5, 5.41) is 5.37. The van der Waals surface area contributed by atoms with Gasteiger partial charge in [0.25, 0.3) is 5.91 Å². The molecule has 1 saturated heterocycles. The molecule has 3 aromatic heterocycles. The van der Waals surface area contributed by atoms with Gasteiger partial charge in [-0.05, 0) is 31.0 Å². The second-order valence-electron chi connectivity index (χ2n) is 8.12. The zero-order valence-corrected chi connectivity index (χ0v) is 19.3. The molecule has 1 aromatic carbocycles. The SMILES string of the molecule is C=C(Cl)C(=O)N1CCCC(n2nc(-c3ccc(Oc4ccccc4F)nc3)c3c(N)ncnc32)C1. The van der Waals surface area contributed by atoms with Crippen molar-refractivity contribution in [2.24, 2.45) is 0 Å². The topological polar surface area (TPSA) is 112 Å². The van der Waals surface area contributed by atoms with E-state index in [9.17, 15) is 9.18 Å². The van der Waals surface area contributed by atoms with E-state index in [4.69, 9.17) is 27.2 Å². The maximum Gasteiger partial charge on any atom is 0.264 e. The lowest BCUT2D eigenvalue weighted by Gasteiger charge is -2.32. The van der Waals surface area contributed by atoms with Crippen molar-refractivity contribution in [1.82, 2.24) is 29.6 Å². The van der Waals surface area contributed by atoms with Gasteiger partial charge in [0, 0.05) is 30.9 Å². The summed E-state index contributed by atoms with van der Waals surface area (Å²) in [6.07, 6.45) is 4.53. The quantitative estimate of drug-likeness (QED) is 0.412. The first kappa shape index (κ1) is 22.7. The number of hydrogen-bond donors (Lipinski definition) is 1. The van der Waals surface area contributed by atoms with Crippen LogP contribution in [0.5, 0.6) is 11.6 Å². The lowest BCUT2D eigenvalue weighted by molar-refractivity contribution is -0.128. The molecule has 5 rings (SSSR count). The van der Waals surface area contributed by atoms with Crippen LogP contribution in [0.15, 0.2) is 60.5 Å². The Morgan fingerprint density at radius 1 is 1.20 bits per heavy atom. The number of pyridine rings is 1. The molecule has 35 heavy (non-hydrogen) atoms. The van der Waals surface area contributed by atoms with Crippen molar-refractivity contribution in [3.8, 4) is 22.9 Å². The molecule has 1 unspecified atom stereocenters. The average Bonchev–Trinajstić information content (AvgIpc) is 3.26. The molecule has 0 spiro atoms. The van der Waals surface area contributed by atoms with Gasteiger partial charge in [-0.15, -0.1) is 0 Å². The molecule has 11 heteroatoms. The van der Waals surface area contributed by atoms with Gasteiger partial charge in [-0.3, -0.25) is 4.79 Å². The van der Waals surface area contributed by atoms with Crippen LogP contribution >= 0.6 is 11.6 Å². The number of aromatic nitrogens is 5. The number of anilines is 1. The smallest absolute Gasteiger partial charge is 0.264 e. The largest absolute Gasteiger partial charge is 0.436 e. The first-order valence-corrected chi connectivity index (χ1v) is 11.3. The van der Waals surface area contributed by atoms with E-state index in [0.717, 1.165) is 12.8 Å². The number of likely N-dealkylation sites (tertiary alicyclic amines) is 1. The van der Waals surface area contributed by atoms with E-state index < -0.39 is 5.82 Å². The Kier molecular flexibility index (Phi) is 6.04. The van der Waals surface area contributed by atoms with Crippen molar-refractivity contribution in [1.29, 1.82) is 0 Å². The van der Waals surface area contributed by atoms with Crippen LogP contribution < -0.4 is 10.5 Å². The molecule has 0 radical (unpaired) electrons. The van der Waals surface area contributed by atoms with E-state index in [0.29, 0.717) is 35.4 Å². The van der Waals surface area contributed by atoms with Crippen molar-refractivity contribution >= 4 is 34.4 Å². The number of amides is 1. The molecular weight excluding hydrogens is 473 g/mol. The Morgan fingerprint density at radius 2 is 2.03 bits per heavy atom. The van der Waals surface area contributed by atoms with Gasteiger partial charge >= 0.3 is 0 Å². The lowest BCUT2D eigenvalue weighted by Crippen LogP contribution is -2.41. The summed E-state index contributed by atoms with van der Waals surface area (Å²) in [5.74, 6) is -0.186. The number of nitrogens with two attached hydrogens (primary N) is 1. The summed E-state index contributed by atoms with van der Waals surface area (Å²) in [4.78, 5) is 26.9. The van der Waals surface area contributed by atoms with Crippen LogP contribution in [0.1, 0.15) is 18.9 Å². The summed E-state index contributed by atoms with van der Waals surface area (Å²) in [7, 11) is 0. The Hall–Kier alpha value is -4.05. The Labute approximate surface area is 205 Å². The second kappa shape index (κ2) is 9.30. The maximum atomic E-state index is 13.9. The summed E-state index contributed by atoms with van der Waals surface area (Å²) >= 11 is 5.84.